The normalized spacial score (nSPS) is 18.3. The average molecular weight is 176 g/mol. The number of carbonyl (C=O) groups is 1. The summed E-state index contributed by atoms with van der Waals surface area (Å²) in [4.78, 5) is 10.2. The molecular formula is C7H16N2O3. The highest BCUT2D eigenvalue weighted by atomic mass is 16.4. The Morgan fingerprint density at radius 2 is 2.00 bits per heavy atom. The lowest BCUT2D eigenvalue weighted by molar-refractivity contribution is -0.137. The number of hydrogen-bond acceptors (Lipinski definition) is 4. The number of hydrogen-bond donors (Lipinski definition) is 4. The molecule has 0 aromatic rings. The Morgan fingerprint density at radius 1 is 1.50 bits per heavy atom. The topological polar surface area (TPSA) is 110 Å². The third kappa shape index (κ3) is 5.06. The molecule has 0 aliphatic rings. The van der Waals surface area contributed by atoms with E-state index < -0.39 is 18.1 Å². The first-order valence-electron chi connectivity index (χ1n) is 3.84. The van der Waals surface area contributed by atoms with E-state index in [9.17, 15) is 9.90 Å². The summed E-state index contributed by atoms with van der Waals surface area (Å²) in [7, 11) is 0. The molecule has 0 saturated heterocycles. The third-order valence-electron chi connectivity index (χ3n) is 1.59. The highest BCUT2D eigenvalue weighted by Gasteiger charge is 2.16. The van der Waals surface area contributed by atoms with Gasteiger partial charge in [0.25, 0.3) is 0 Å². The molecule has 0 aromatic heterocycles. The van der Waals surface area contributed by atoms with Crippen LogP contribution >= 0.6 is 0 Å². The molecular weight excluding hydrogens is 160 g/mol. The molecule has 0 fully saturated rings. The maximum atomic E-state index is 10.2. The Hall–Kier alpha value is -0.650. The molecule has 0 saturated carbocycles. The van der Waals surface area contributed by atoms with Gasteiger partial charge in [-0.05, 0) is 13.3 Å². The second-order valence-corrected chi connectivity index (χ2v) is 3.02. The van der Waals surface area contributed by atoms with Gasteiger partial charge >= 0.3 is 5.97 Å². The minimum Gasteiger partial charge on any atom is -0.481 e. The zero-order chi connectivity index (χ0) is 9.72. The van der Waals surface area contributed by atoms with Gasteiger partial charge in [-0.3, -0.25) is 4.79 Å². The van der Waals surface area contributed by atoms with Crippen LogP contribution in [0.3, 0.4) is 0 Å². The van der Waals surface area contributed by atoms with Crippen LogP contribution in [0.1, 0.15) is 19.8 Å². The molecule has 0 aliphatic carbocycles. The van der Waals surface area contributed by atoms with Crippen LogP contribution in [0, 0.1) is 0 Å². The van der Waals surface area contributed by atoms with Gasteiger partial charge < -0.3 is 21.7 Å². The minimum absolute atomic E-state index is 0.135. The molecule has 0 rings (SSSR count). The predicted molar refractivity (Wildman–Crippen MR) is 44.5 cm³/mol. The molecule has 5 heteroatoms. The van der Waals surface area contributed by atoms with E-state index in [4.69, 9.17) is 16.6 Å². The SMILES string of the molecule is CC(N)C(O)CC(N)CC(=O)O. The number of carboxylic acids is 1. The van der Waals surface area contributed by atoms with E-state index in [1.807, 2.05) is 0 Å². The van der Waals surface area contributed by atoms with Crippen molar-refractivity contribution in [1.29, 1.82) is 0 Å². The van der Waals surface area contributed by atoms with E-state index in [1.54, 1.807) is 6.92 Å². The molecule has 0 bridgehead atoms. The Bertz CT molecular complexity index is 150. The molecule has 0 aromatic carbocycles. The van der Waals surface area contributed by atoms with Crippen molar-refractivity contribution in [1.82, 2.24) is 0 Å². The largest absolute Gasteiger partial charge is 0.481 e. The van der Waals surface area contributed by atoms with Crippen LogP contribution in [-0.2, 0) is 4.79 Å². The van der Waals surface area contributed by atoms with Gasteiger partial charge in [0, 0.05) is 12.1 Å². The van der Waals surface area contributed by atoms with Crippen molar-refractivity contribution >= 4 is 5.97 Å². The van der Waals surface area contributed by atoms with E-state index in [2.05, 4.69) is 0 Å². The van der Waals surface area contributed by atoms with Gasteiger partial charge in [-0.2, -0.15) is 0 Å². The Balaban J connectivity index is 3.68. The van der Waals surface area contributed by atoms with Gasteiger partial charge in [-0.1, -0.05) is 0 Å². The second kappa shape index (κ2) is 5.08. The van der Waals surface area contributed by atoms with Gasteiger partial charge in [0.2, 0.25) is 0 Å². The summed E-state index contributed by atoms with van der Waals surface area (Å²) < 4.78 is 0. The molecule has 3 atom stereocenters. The Labute approximate surface area is 71.4 Å². The highest BCUT2D eigenvalue weighted by Crippen LogP contribution is 2.02. The van der Waals surface area contributed by atoms with Crippen LogP contribution in [0.15, 0.2) is 0 Å². The van der Waals surface area contributed by atoms with Gasteiger partial charge in [-0.25, -0.2) is 0 Å². The average Bonchev–Trinajstić information content (AvgIpc) is 1.84. The van der Waals surface area contributed by atoms with Crippen molar-refractivity contribution in [3.8, 4) is 0 Å². The molecule has 0 aliphatic heterocycles. The molecule has 72 valence electrons. The molecule has 6 N–H and O–H groups in total. The van der Waals surface area contributed by atoms with Crippen LogP contribution < -0.4 is 11.5 Å². The van der Waals surface area contributed by atoms with E-state index in [0.717, 1.165) is 0 Å². The van der Waals surface area contributed by atoms with Crippen LogP contribution in [-0.4, -0.2) is 34.4 Å². The van der Waals surface area contributed by atoms with Gasteiger partial charge in [0.05, 0.1) is 12.5 Å². The van der Waals surface area contributed by atoms with Crippen molar-refractivity contribution in [2.45, 2.75) is 38.0 Å². The fourth-order valence-corrected chi connectivity index (χ4v) is 0.832. The minimum atomic E-state index is -0.959. The Morgan fingerprint density at radius 3 is 2.33 bits per heavy atom. The fraction of sp³-hybridized carbons (Fsp3) is 0.857. The summed E-state index contributed by atoms with van der Waals surface area (Å²) in [6.07, 6.45) is -0.632. The van der Waals surface area contributed by atoms with Crippen molar-refractivity contribution in [2.24, 2.45) is 11.5 Å². The van der Waals surface area contributed by atoms with Crippen LogP contribution in [0.5, 0.6) is 0 Å². The zero-order valence-electron chi connectivity index (χ0n) is 7.10. The first kappa shape index (κ1) is 11.4. The number of nitrogens with two attached hydrogens (primary N) is 2. The first-order chi connectivity index (χ1) is 5.43. The highest BCUT2D eigenvalue weighted by molar-refractivity contribution is 5.67. The quantitative estimate of drug-likeness (QED) is 0.424. The third-order valence-corrected chi connectivity index (χ3v) is 1.59. The lowest BCUT2D eigenvalue weighted by Gasteiger charge is -2.17. The fourth-order valence-electron chi connectivity index (χ4n) is 0.832. The molecule has 5 nitrogen and oxygen atoms in total. The standard InChI is InChI=1S/C7H16N2O3/c1-4(8)6(10)2-5(9)3-7(11)12/h4-6,10H,2-3,8-9H2,1H3,(H,11,12). The molecule has 0 spiro atoms. The van der Waals surface area contributed by atoms with Crippen molar-refractivity contribution < 1.29 is 15.0 Å². The summed E-state index contributed by atoms with van der Waals surface area (Å²) in [5.41, 5.74) is 10.8. The smallest absolute Gasteiger partial charge is 0.304 e. The maximum Gasteiger partial charge on any atom is 0.304 e. The lowest BCUT2D eigenvalue weighted by atomic mass is 10.0. The number of aliphatic hydroxyl groups is 1. The van der Waals surface area contributed by atoms with Crippen LogP contribution in [0.25, 0.3) is 0 Å². The number of aliphatic carboxylic acids is 1. The van der Waals surface area contributed by atoms with Gasteiger partial charge in [0.15, 0.2) is 0 Å². The predicted octanol–water partition coefficient (Wildman–Crippen LogP) is -1.11. The molecule has 3 unspecified atom stereocenters. The van der Waals surface area contributed by atoms with Crippen LogP contribution in [0.2, 0.25) is 0 Å². The zero-order valence-corrected chi connectivity index (χ0v) is 7.10. The number of carboxylic acid groups (broad SMARTS) is 1. The van der Waals surface area contributed by atoms with Crippen molar-refractivity contribution in [3.05, 3.63) is 0 Å². The monoisotopic (exact) mass is 176 g/mol. The van der Waals surface area contributed by atoms with Crippen molar-refractivity contribution in [2.75, 3.05) is 0 Å². The first-order valence-corrected chi connectivity index (χ1v) is 3.84. The molecule has 0 heterocycles. The molecule has 12 heavy (non-hydrogen) atoms. The summed E-state index contributed by atoms with van der Waals surface area (Å²) in [6, 6.07) is -0.895. The van der Waals surface area contributed by atoms with Gasteiger partial charge in [0.1, 0.15) is 0 Å². The number of rotatable bonds is 5. The number of aliphatic hydroxyl groups excluding tert-OH is 1. The van der Waals surface area contributed by atoms with E-state index in [1.165, 1.54) is 0 Å². The molecule has 0 radical (unpaired) electrons. The summed E-state index contributed by atoms with van der Waals surface area (Å²) in [5, 5.41) is 17.6. The Kier molecular flexibility index (Phi) is 4.80. The van der Waals surface area contributed by atoms with Gasteiger partial charge in [-0.15, -0.1) is 0 Å². The van der Waals surface area contributed by atoms with Crippen LogP contribution in [0.4, 0.5) is 0 Å². The maximum absolute atomic E-state index is 10.2. The summed E-state index contributed by atoms with van der Waals surface area (Å²) in [5.74, 6) is -0.959. The molecule has 0 amide bonds. The van der Waals surface area contributed by atoms with Crippen molar-refractivity contribution in [3.63, 3.8) is 0 Å². The van der Waals surface area contributed by atoms with E-state index in [-0.39, 0.29) is 18.9 Å². The van der Waals surface area contributed by atoms with E-state index in [0.29, 0.717) is 0 Å². The lowest BCUT2D eigenvalue weighted by Crippen LogP contribution is -2.37. The second-order valence-electron chi connectivity index (χ2n) is 3.02. The summed E-state index contributed by atoms with van der Waals surface area (Å²) >= 11 is 0. The summed E-state index contributed by atoms with van der Waals surface area (Å²) in [6.45, 7) is 1.65. The van der Waals surface area contributed by atoms with E-state index >= 15 is 0 Å².